The summed E-state index contributed by atoms with van der Waals surface area (Å²) in [5.41, 5.74) is 1.16. The SMILES string of the molecule is CCCOc1ccc(CNCc2ccco2)cc1OCC. The minimum atomic E-state index is 0.631. The van der Waals surface area contributed by atoms with Crippen LogP contribution in [0.5, 0.6) is 11.5 Å². The third-order valence-electron chi connectivity index (χ3n) is 2.98. The van der Waals surface area contributed by atoms with Crippen molar-refractivity contribution in [1.82, 2.24) is 5.32 Å². The van der Waals surface area contributed by atoms with Crippen molar-refractivity contribution in [1.29, 1.82) is 0 Å². The van der Waals surface area contributed by atoms with Crippen LogP contribution < -0.4 is 14.8 Å². The average molecular weight is 289 g/mol. The van der Waals surface area contributed by atoms with Crippen molar-refractivity contribution >= 4 is 0 Å². The Kier molecular flexibility index (Phi) is 6.16. The minimum absolute atomic E-state index is 0.631. The standard InChI is InChI=1S/C17H23NO3/c1-3-9-21-16-8-7-14(11-17(16)19-4-2)12-18-13-15-6-5-10-20-15/h5-8,10-11,18H,3-4,9,12-13H2,1-2H3. The van der Waals surface area contributed by atoms with Gasteiger partial charge in [0.2, 0.25) is 0 Å². The topological polar surface area (TPSA) is 43.6 Å². The number of rotatable bonds is 9. The number of hydrogen-bond acceptors (Lipinski definition) is 4. The number of nitrogens with one attached hydrogen (secondary N) is 1. The Morgan fingerprint density at radius 2 is 1.95 bits per heavy atom. The highest BCUT2D eigenvalue weighted by molar-refractivity contribution is 5.43. The van der Waals surface area contributed by atoms with Crippen LogP contribution in [0.1, 0.15) is 31.6 Å². The first kappa shape index (κ1) is 15.4. The van der Waals surface area contributed by atoms with Gasteiger partial charge in [-0.15, -0.1) is 0 Å². The van der Waals surface area contributed by atoms with Crippen LogP contribution in [0.15, 0.2) is 41.0 Å². The molecule has 0 radical (unpaired) electrons. The van der Waals surface area contributed by atoms with E-state index < -0.39 is 0 Å². The zero-order chi connectivity index (χ0) is 14.9. The molecule has 0 amide bonds. The van der Waals surface area contributed by atoms with E-state index in [9.17, 15) is 0 Å². The molecule has 1 heterocycles. The summed E-state index contributed by atoms with van der Waals surface area (Å²) in [7, 11) is 0. The Hall–Kier alpha value is -1.94. The fourth-order valence-electron chi connectivity index (χ4n) is 2.01. The lowest BCUT2D eigenvalue weighted by molar-refractivity contribution is 0.276. The molecular weight excluding hydrogens is 266 g/mol. The fourth-order valence-corrected chi connectivity index (χ4v) is 2.01. The van der Waals surface area contributed by atoms with Crippen molar-refractivity contribution in [3.05, 3.63) is 47.9 Å². The number of hydrogen-bond donors (Lipinski definition) is 1. The molecule has 1 aromatic carbocycles. The Balaban J connectivity index is 1.94. The molecule has 21 heavy (non-hydrogen) atoms. The molecule has 0 saturated heterocycles. The van der Waals surface area contributed by atoms with Crippen LogP contribution in [0.3, 0.4) is 0 Å². The van der Waals surface area contributed by atoms with Crippen LogP contribution in [0.25, 0.3) is 0 Å². The normalized spacial score (nSPS) is 10.6. The summed E-state index contributed by atoms with van der Waals surface area (Å²) in [6.07, 6.45) is 2.67. The molecule has 114 valence electrons. The van der Waals surface area contributed by atoms with E-state index in [1.165, 1.54) is 0 Å². The molecule has 4 heteroatoms. The van der Waals surface area contributed by atoms with Gasteiger partial charge in [-0.2, -0.15) is 0 Å². The van der Waals surface area contributed by atoms with E-state index in [4.69, 9.17) is 13.9 Å². The third-order valence-corrected chi connectivity index (χ3v) is 2.98. The van der Waals surface area contributed by atoms with E-state index >= 15 is 0 Å². The summed E-state index contributed by atoms with van der Waals surface area (Å²) in [4.78, 5) is 0. The van der Waals surface area contributed by atoms with Crippen LogP contribution in [0.4, 0.5) is 0 Å². The van der Waals surface area contributed by atoms with Gasteiger partial charge >= 0.3 is 0 Å². The van der Waals surface area contributed by atoms with Crippen LogP contribution in [0.2, 0.25) is 0 Å². The van der Waals surface area contributed by atoms with Gasteiger partial charge in [0.15, 0.2) is 11.5 Å². The van der Waals surface area contributed by atoms with Crippen LogP contribution >= 0.6 is 0 Å². The van der Waals surface area contributed by atoms with Gasteiger partial charge in [-0.3, -0.25) is 0 Å². The molecule has 0 aliphatic rings. The largest absolute Gasteiger partial charge is 0.490 e. The van der Waals surface area contributed by atoms with Gasteiger partial charge in [0.1, 0.15) is 5.76 Å². The second kappa shape index (κ2) is 8.37. The Morgan fingerprint density at radius 3 is 2.67 bits per heavy atom. The van der Waals surface area contributed by atoms with Crippen molar-refractivity contribution in [3.8, 4) is 11.5 Å². The first-order valence-corrected chi connectivity index (χ1v) is 7.45. The molecular formula is C17H23NO3. The molecule has 0 bridgehead atoms. The van der Waals surface area contributed by atoms with E-state index in [1.807, 2.05) is 31.2 Å². The quantitative estimate of drug-likeness (QED) is 0.763. The third kappa shape index (κ3) is 4.83. The maximum absolute atomic E-state index is 5.70. The smallest absolute Gasteiger partial charge is 0.161 e. The first-order chi connectivity index (χ1) is 10.3. The highest BCUT2D eigenvalue weighted by Crippen LogP contribution is 2.28. The summed E-state index contributed by atoms with van der Waals surface area (Å²) in [5, 5.41) is 3.35. The lowest BCUT2D eigenvalue weighted by Crippen LogP contribution is -2.12. The van der Waals surface area contributed by atoms with Gasteiger partial charge < -0.3 is 19.2 Å². The predicted molar refractivity (Wildman–Crippen MR) is 82.6 cm³/mol. The minimum Gasteiger partial charge on any atom is -0.490 e. The number of furan rings is 1. The summed E-state index contributed by atoms with van der Waals surface area (Å²) in [6.45, 7) is 6.88. The van der Waals surface area contributed by atoms with Gasteiger partial charge in [0, 0.05) is 6.54 Å². The molecule has 2 rings (SSSR count). The second-order valence-electron chi connectivity index (χ2n) is 4.75. The van der Waals surface area contributed by atoms with Gasteiger partial charge in [-0.1, -0.05) is 13.0 Å². The van der Waals surface area contributed by atoms with E-state index in [2.05, 4.69) is 18.3 Å². The monoisotopic (exact) mass is 289 g/mol. The highest BCUT2D eigenvalue weighted by Gasteiger charge is 2.06. The zero-order valence-electron chi connectivity index (χ0n) is 12.7. The highest BCUT2D eigenvalue weighted by atomic mass is 16.5. The zero-order valence-corrected chi connectivity index (χ0v) is 12.7. The van der Waals surface area contributed by atoms with Crippen molar-refractivity contribution in [2.45, 2.75) is 33.4 Å². The Labute approximate surface area is 126 Å². The number of benzene rings is 1. The molecule has 0 fully saturated rings. The fraction of sp³-hybridized carbons (Fsp3) is 0.412. The van der Waals surface area contributed by atoms with Crippen molar-refractivity contribution in [2.24, 2.45) is 0 Å². The summed E-state index contributed by atoms with van der Waals surface area (Å²) >= 11 is 0. The van der Waals surface area contributed by atoms with E-state index in [0.29, 0.717) is 19.8 Å². The molecule has 1 aromatic heterocycles. The maximum atomic E-state index is 5.70. The molecule has 0 spiro atoms. The lowest BCUT2D eigenvalue weighted by Gasteiger charge is -2.13. The van der Waals surface area contributed by atoms with Crippen molar-refractivity contribution < 1.29 is 13.9 Å². The maximum Gasteiger partial charge on any atom is 0.161 e. The van der Waals surface area contributed by atoms with Crippen molar-refractivity contribution in [2.75, 3.05) is 13.2 Å². The number of ether oxygens (including phenoxy) is 2. The van der Waals surface area contributed by atoms with Gasteiger partial charge in [-0.05, 0) is 43.2 Å². The van der Waals surface area contributed by atoms with Crippen molar-refractivity contribution in [3.63, 3.8) is 0 Å². The summed E-state index contributed by atoms with van der Waals surface area (Å²) in [6, 6.07) is 9.92. The van der Waals surface area contributed by atoms with Crippen LogP contribution in [-0.4, -0.2) is 13.2 Å². The van der Waals surface area contributed by atoms with Gasteiger partial charge in [0.25, 0.3) is 0 Å². The summed E-state index contributed by atoms with van der Waals surface area (Å²) < 4.78 is 16.6. The van der Waals surface area contributed by atoms with Gasteiger partial charge in [0.05, 0.1) is 26.0 Å². The molecule has 0 aliphatic carbocycles. The first-order valence-electron chi connectivity index (χ1n) is 7.45. The molecule has 2 aromatic rings. The van der Waals surface area contributed by atoms with E-state index in [-0.39, 0.29) is 0 Å². The van der Waals surface area contributed by atoms with E-state index in [1.54, 1.807) is 6.26 Å². The molecule has 1 N–H and O–H groups in total. The second-order valence-corrected chi connectivity index (χ2v) is 4.75. The predicted octanol–water partition coefficient (Wildman–Crippen LogP) is 3.76. The van der Waals surface area contributed by atoms with Crippen LogP contribution in [0, 0.1) is 0 Å². The summed E-state index contributed by atoms with van der Waals surface area (Å²) in [5.74, 6) is 2.56. The Bertz CT molecular complexity index is 523. The van der Waals surface area contributed by atoms with E-state index in [0.717, 1.165) is 35.8 Å². The molecule has 4 nitrogen and oxygen atoms in total. The average Bonchev–Trinajstić information content (AvgIpc) is 3.00. The molecule has 0 aliphatic heterocycles. The molecule has 0 saturated carbocycles. The molecule has 0 atom stereocenters. The van der Waals surface area contributed by atoms with Gasteiger partial charge in [-0.25, -0.2) is 0 Å². The Morgan fingerprint density at radius 1 is 1.05 bits per heavy atom. The lowest BCUT2D eigenvalue weighted by atomic mass is 10.2. The molecule has 0 unspecified atom stereocenters. The van der Waals surface area contributed by atoms with Crippen LogP contribution in [-0.2, 0) is 13.1 Å².